The standard InChI is InChI=1S/CH4FO2P.H3P/c1-4-5(2)3;/h3H,1H3;1H3. The van der Waals surface area contributed by atoms with E-state index in [-0.39, 0.29) is 9.90 Å². The Hall–Kier alpha value is 0.710. The molecule has 0 aromatic heterocycles. The van der Waals surface area contributed by atoms with E-state index in [4.69, 9.17) is 4.89 Å². The minimum Gasteiger partial charge on any atom is -0.325 e. The first kappa shape index (κ1) is 9.86. The van der Waals surface area contributed by atoms with Crippen molar-refractivity contribution < 1.29 is 13.6 Å². The summed E-state index contributed by atoms with van der Waals surface area (Å²) < 4.78 is 14.5. The van der Waals surface area contributed by atoms with Gasteiger partial charge in [-0.2, -0.15) is 14.1 Å². The molecule has 0 aromatic carbocycles. The molecular formula is CH7FO2P2. The van der Waals surface area contributed by atoms with Crippen LogP contribution in [0, 0.1) is 0 Å². The van der Waals surface area contributed by atoms with Crippen molar-refractivity contribution in [2.45, 2.75) is 0 Å². The third-order valence-corrected chi connectivity index (χ3v) is 0.452. The fourth-order valence-corrected chi connectivity index (χ4v) is 0. The highest BCUT2D eigenvalue weighted by atomic mass is 31.2. The normalized spacial score (nSPS) is 12.5. The van der Waals surface area contributed by atoms with Crippen LogP contribution in [0.15, 0.2) is 0 Å². The monoisotopic (exact) mass is 132 g/mol. The van der Waals surface area contributed by atoms with Gasteiger partial charge in [-0.1, -0.05) is 0 Å². The Kier molecular flexibility index (Phi) is 9.39. The molecule has 0 spiro atoms. The van der Waals surface area contributed by atoms with Gasteiger partial charge >= 0.3 is 8.69 Å². The maximum absolute atomic E-state index is 10.8. The van der Waals surface area contributed by atoms with Gasteiger partial charge in [-0.3, -0.25) is 0 Å². The highest BCUT2D eigenvalue weighted by Crippen LogP contribution is 2.29. The second kappa shape index (κ2) is 5.71. The number of hydrogen-bond acceptors (Lipinski definition) is 2. The molecule has 40 valence electrons. The Bertz CT molecular complexity index is 25.5. The van der Waals surface area contributed by atoms with Crippen molar-refractivity contribution in [3.8, 4) is 0 Å². The molecule has 0 saturated heterocycles. The van der Waals surface area contributed by atoms with Crippen LogP contribution in [0.4, 0.5) is 4.20 Å². The average molecular weight is 132 g/mol. The van der Waals surface area contributed by atoms with Gasteiger partial charge < -0.3 is 9.42 Å². The fraction of sp³-hybridized carbons (Fsp3) is 1.00. The topological polar surface area (TPSA) is 29.5 Å². The first-order valence-electron chi connectivity index (χ1n) is 0.960. The molecule has 2 nitrogen and oxygen atoms in total. The van der Waals surface area contributed by atoms with Gasteiger partial charge in [-0.05, 0) is 0 Å². The molecule has 2 unspecified atom stereocenters. The van der Waals surface area contributed by atoms with Crippen LogP contribution < -0.4 is 0 Å². The zero-order valence-electron chi connectivity index (χ0n) is 3.39. The van der Waals surface area contributed by atoms with E-state index in [1.807, 2.05) is 0 Å². The molecule has 0 saturated carbocycles. The van der Waals surface area contributed by atoms with E-state index < -0.39 is 8.69 Å². The van der Waals surface area contributed by atoms with Gasteiger partial charge in [0.05, 0.1) is 0 Å². The van der Waals surface area contributed by atoms with Crippen LogP contribution >= 0.6 is 18.6 Å². The van der Waals surface area contributed by atoms with Gasteiger partial charge in [0.25, 0.3) is 0 Å². The zero-order valence-corrected chi connectivity index (χ0v) is 5.70. The molecule has 6 heavy (non-hydrogen) atoms. The highest BCUT2D eigenvalue weighted by molar-refractivity contribution is 7.40. The van der Waals surface area contributed by atoms with Gasteiger partial charge in [-0.25, -0.2) is 0 Å². The summed E-state index contributed by atoms with van der Waals surface area (Å²) in [6.45, 7) is 0. The van der Waals surface area contributed by atoms with E-state index in [9.17, 15) is 4.20 Å². The van der Waals surface area contributed by atoms with E-state index in [1.54, 1.807) is 0 Å². The van der Waals surface area contributed by atoms with E-state index in [1.165, 1.54) is 0 Å². The first-order valence-corrected chi connectivity index (χ1v) is 2.06. The molecule has 5 heteroatoms. The molecule has 0 rings (SSSR count). The van der Waals surface area contributed by atoms with E-state index >= 15 is 0 Å². The van der Waals surface area contributed by atoms with Crippen LogP contribution in [-0.4, -0.2) is 12.0 Å². The van der Waals surface area contributed by atoms with Gasteiger partial charge in [0, 0.05) is 7.11 Å². The lowest BCUT2D eigenvalue weighted by atomic mass is 11.8. The molecule has 0 radical (unpaired) electrons. The molecule has 0 heterocycles. The van der Waals surface area contributed by atoms with Crippen molar-refractivity contribution >= 4 is 18.6 Å². The van der Waals surface area contributed by atoms with Crippen LogP contribution in [0.1, 0.15) is 0 Å². The third-order valence-electron chi connectivity index (χ3n) is 0.151. The predicted molar refractivity (Wildman–Crippen MR) is 28.4 cm³/mol. The van der Waals surface area contributed by atoms with Crippen LogP contribution in [0.5, 0.6) is 0 Å². The minimum atomic E-state index is -2.60. The van der Waals surface area contributed by atoms with Crippen LogP contribution in [-0.2, 0) is 4.52 Å². The van der Waals surface area contributed by atoms with Gasteiger partial charge in [0.1, 0.15) is 0 Å². The summed E-state index contributed by atoms with van der Waals surface area (Å²) in [6.07, 6.45) is 0. The number of hydrogen-bond donors (Lipinski definition) is 1. The molecule has 0 bridgehead atoms. The minimum absolute atomic E-state index is 0. The molecule has 0 aliphatic heterocycles. The quantitative estimate of drug-likeness (QED) is 0.536. The highest BCUT2D eigenvalue weighted by Gasteiger charge is 1.90. The smallest absolute Gasteiger partial charge is 0.325 e. The Morgan fingerprint density at radius 1 is 1.83 bits per heavy atom. The van der Waals surface area contributed by atoms with Crippen LogP contribution in [0.2, 0.25) is 0 Å². The Balaban J connectivity index is 0. The van der Waals surface area contributed by atoms with Gasteiger partial charge in [0.2, 0.25) is 0 Å². The largest absolute Gasteiger partial charge is 0.371 e. The molecule has 0 fully saturated rings. The summed E-state index contributed by atoms with van der Waals surface area (Å²) in [6, 6.07) is 0. The second-order valence-electron chi connectivity index (χ2n) is 0.409. The molecule has 1 N–H and O–H groups in total. The van der Waals surface area contributed by atoms with E-state index in [0.717, 1.165) is 7.11 Å². The summed E-state index contributed by atoms with van der Waals surface area (Å²) >= 11 is 0. The molecule has 0 amide bonds. The van der Waals surface area contributed by atoms with Crippen molar-refractivity contribution in [2.24, 2.45) is 0 Å². The average Bonchev–Trinajstić information content (AvgIpc) is 1.38. The molecule has 0 aliphatic rings. The molecule has 0 aromatic rings. The molecular weight excluding hydrogens is 125 g/mol. The van der Waals surface area contributed by atoms with Gasteiger partial charge in [-0.15, -0.1) is 0 Å². The second-order valence-corrected chi connectivity index (χ2v) is 1.23. The summed E-state index contributed by atoms with van der Waals surface area (Å²) in [5.74, 6) is 0. The maximum Gasteiger partial charge on any atom is 0.371 e. The Morgan fingerprint density at radius 2 is 2.00 bits per heavy atom. The van der Waals surface area contributed by atoms with Crippen molar-refractivity contribution in [1.29, 1.82) is 0 Å². The van der Waals surface area contributed by atoms with Crippen LogP contribution in [0.3, 0.4) is 0 Å². The summed E-state index contributed by atoms with van der Waals surface area (Å²) in [5.41, 5.74) is 0. The number of rotatable bonds is 1. The van der Waals surface area contributed by atoms with Gasteiger partial charge in [0.15, 0.2) is 0 Å². The van der Waals surface area contributed by atoms with Crippen molar-refractivity contribution in [3.63, 3.8) is 0 Å². The van der Waals surface area contributed by atoms with Crippen molar-refractivity contribution in [3.05, 3.63) is 0 Å². The van der Waals surface area contributed by atoms with Crippen molar-refractivity contribution in [1.82, 2.24) is 0 Å². The van der Waals surface area contributed by atoms with E-state index in [2.05, 4.69) is 4.52 Å². The predicted octanol–water partition coefficient (Wildman–Crippen LogP) is 0.880. The Labute approximate surface area is 40.4 Å². The lowest BCUT2D eigenvalue weighted by Crippen LogP contribution is -1.60. The molecule has 0 aliphatic carbocycles. The summed E-state index contributed by atoms with van der Waals surface area (Å²) in [4.78, 5) is 7.54. The third kappa shape index (κ3) is 8.83. The fourth-order valence-electron chi connectivity index (χ4n) is 0. The number of halogens is 1. The van der Waals surface area contributed by atoms with Crippen LogP contribution in [0.25, 0.3) is 0 Å². The maximum atomic E-state index is 10.8. The Morgan fingerprint density at radius 3 is 2.00 bits per heavy atom. The molecule has 2 atom stereocenters. The lowest BCUT2D eigenvalue weighted by molar-refractivity contribution is 0.351. The summed E-state index contributed by atoms with van der Waals surface area (Å²) in [5, 5.41) is 0. The lowest BCUT2D eigenvalue weighted by Gasteiger charge is -1.85. The SMILES string of the molecule is COP(O)F.P. The first-order chi connectivity index (χ1) is 2.27. The zero-order chi connectivity index (χ0) is 4.28. The van der Waals surface area contributed by atoms with E-state index in [0.29, 0.717) is 0 Å². The van der Waals surface area contributed by atoms with Crippen molar-refractivity contribution in [2.75, 3.05) is 7.11 Å². The summed E-state index contributed by atoms with van der Waals surface area (Å²) in [7, 11) is -1.50.